The number of benzene rings is 2. The summed E-state index contributed by atoms with van der Waals surface area (Å²) in [5, 5.41) is 19.5. The zero-order chi connectivity index (χ0) is 25.2. The van der Waals surface area contributed by atoms with Crippen LogP contribution < -0.4 is 16.8 Å². The molecule has 0 amide bonds. The molecular weight excluding hydrogens is 600 g/mol. The maximum absolute atomic E-state index is 9.75. The van der Waals surface area contributed by atoms with Gasteiger partial charge in [-0.05, 0) is 13.8 Å². The Morgan fingerprint density at radius 3 is 1.27 bits per heavy atom. The second-order valence-corrected chi connectivity index (χ2v) is 8.21. The van der Waals surface area contributed by atoms with Gasteiger partial charge >= 0.3 is 127 Å². The van der Waals surface area contributed by atoms with Crippen LogP contribution >= 0.6 is 31.9 Å². The zero-order valence-corrected chi connectivity index (χ0v) is 22.7. The van der Waals surface area contributed by atoms with Gasteiger partial charge in [-0.3, -0.25) is 0 Å². The molecule has 2 aromatic carbocycles. The van der Waals surface area contributed by atoms with Crippen LogP contribution in [0.2, 0.25) is 0 Å². The number of carboxylic acids is 2. The van der Waals surface area contributed by atoms with E-state index >= 15 is 0 Å². The fraction of sp³-hybridized carbons (Fsp3) is 0.182. The molecule has 0 saturated heterocycles. The van der Waals surface area contributed by atoms with Crippen LogP contribution in [0.25, 0.3) is 0 Å². The third-order valence-corrected chi connectivity index (χ3v) is 5.09. The molecule has 0 aromatic heterocycles. The van der Waals surface area contributed by atoms with Crippen molar-refractivity contribution >= 4 is 43.8 Å². The second-order valence-electron chi connectivity index (χ2n) is 5.48. The Morgan fingerprint density at radius 2 is 1.06 bits per heavy atom. The zero-order valence-electron chi connectivity index (χ0n) is 18.0. The molecule has 0 saturated carbocycles. The van der Waals surface area contributed by atoms with Gasteiger partial charge < -0.3 is 29.3 Å². The number of hydrogen-bond acceptors (Lipinski definition) is 8. The van der Waals surface area contributed by atoms with Crippen molar-refractivity contribution in [2.75, 3.05) is 13.2 Å². The molecule has 2 rings (SSSR count). The third-order valence-electron chi connectivity index (χ3n) is 3.04. The molecule has 33 heavy (non-hydrogen) atoms. The van der Waals surface area contributed by atoms with E-state index in [0.29, 0.717) is 13.2 Å². The summed E-state index contributed by atoms with van der Waals surface area (Å²) in [6.07, 6.45) is 0. The average Bonchev–Trinajstić information content (AvgIpc) is 2.77. The minimum atomic E-state index is -1.35. The van der Waals surface area contributed by atoms with Gasteiger partial charge in [0.05, 0.1) is 13.2 Å². The van der Waals surface area contributed by atoms with E-state index in [1.807, 2.05) is 48.5 Å². The number of aliphatic carboxylic acids is 2. The van der Waals surface area contributed by atoms with Crippen molar-refractivity contribution in [2.24, 2.45) is 0 Å². The van der Waals surface area contributed by atoms with E-state index < -0.39 is 31.9 Å². The summed E-state index contributed by atoms with van der Waals surface area (Å²) >= 11 is 5.84. The predicted molar refractivity (Wildman–Crippen MR) is 121 cm³/mol. The van der Waals surface area contributed by atoms with Crippen molar-refractivity contribution in [3.8, 4) is 11.5 Å². The van der Waals surface area contributed by atoms with Crippen molar-refractivity contribution in [1.29, 1.82) is 0 Å². The summed E-state index contributed by atoms with van der Waals surface area (Å²) < 4.78 is 22.1. The quantitative estimate of drug-likeness (QED) is 0.226. The molecule has 0 radical (unpaired) electrons. The normalized spacial score (nSPS) is 8.85. The van der Waals surface area contributed by atoms with Crippen molar-refractivity contribution in [3.63, 3.8) is 0 Å². The van der Waals surface area contributed by atoms with E-state index in [-0.39, 0.29) is 11.5 Å². The van der Waals surface area contributed by atoms with Gasteiger partial charge in [0.15, 0.2) is 0 Å². The Bertz CT molecular complexity index is 813. The van der Waals surface area contributed by atoms with Crippen molar-refractivity contribution in [2.45, 2.75) is 13.8 Å². The topological polar surface area (TPSA) is 117 Å². The number of ether oxygens (including phenoxy) is 2. The Kier molecular flexibility index (Phi) is 16.9. The van der Waals surface area contributed by atoms with Crippen LogP contribution in [0.15, 0.2) is 82.2 Å². The summed E-state index contributed by atoms with van der Waals surface area (Å²) in [6.45, 7) is 10.1. The fourth-order valence-corrected chi connectivity index (χ4v) is 2.91. The minimum absolute atomic E-state index is 0.312. The molecule has 8 nitrogen and oxygen atoms in total. The van der Waals surface area contributed by atoms with Crippen molar-refractivity contribution in [1.82, 2.24) is 0 Å². The molecule has 0 N–H and O–H groups in total. The molecule has 0 fully saturated rings. The number of halogens is 2. The summed E-state index contributed by atoms with van der Waals surface area (Å²) in [7, 11) is 0. The molecule has 0 unspecified atom stereocenters. The summed E-state index contributed by atoms with van der Waals surface area (Å²) in [5.41, 5.74) is 0. The van der Waals surface area contributed by atoms with Gasteiger partial charge in [-0.25, -0.2) is 0 Å². The van der Waals surface area contributed by atoms with Gasteiger partial charge in [0.2, 0.25) is 0 Å². The Labute approximate surface area is 219 Å². The first kappa shape index (κ1) is 30.7. The van der Waals surface area contributed by atoms with Crippen LogP contribution in [0, 0.1) is 0 Å². The Balaban J connectivity index is 0.000000539. The molecule has 0 heterocycles. The third kappa shape index (κ3) is 16.1. The van der Waals surface area contributed by atoms with E-state index in [1.54, 1.807) is 13.8 Å². The first-order valence-corrected chi connectivity index (χ1v) is 12.1. The number of carbonyl (C=O) groups excluding carboxylic acids is 2. The maximum atomic E-state index is 9.75. The molecule has 11 heteroatoms. The van der Waals surface area contributed by atoms with Crippen LogP contribution in [-0.4, -0.2) is 25.2 Å². The minimum Gasteiger partial charge on any atom is -0.542 e. The molecule has 0 aliphatic rings. The van der Waals surface area contributed by atoms with E-state index in [0.717, 1.165) is 20.4 Å². The van der Waals surface area contributed by atoms with E-state index in [1.165, 1.54) is 0 Å². The molecule has 0 bridgehead atoms. The summed E-state index contributed by atoms with van der Waals surface area (Å²) in [4.78, 5) is 19.5. The van der Waals surface area contributed by atoms with Gasteiger partial charge in [0, 0.05) is 0 Å². The smallest absolute Gasteiger partial charge is 0.134 e. The monoisotopic (exact) mass is 620 g/mol. The predicted octanol–water partition coefficient (Wildman–Crippen LogP) is 3.15. The number of carboxylic acid groups (broad SMARTS) is 2. The van der Waals surface area contributed by atoms with Gasteiger partial charge in [-0.2, -0.15) is 0 Å². The first-order chi connectivity index (χ1) is 15.6. The largest absolute Gasteiger partial charge is 0.542 e. The molecule has 0 atom stereocenters. The van der Waals surface area contributed by atoms with Crippen molar-refractivity contribution in [3.05, 3.63) is 82.2 Å². The van der Waals surface area contributed by atoms with Crippen molar-refractivity contribution < 1.29 is 55.8 Å². The van der Waals surface area contributed by atoms with E-state index in [2.05, 4.69) is 54.5 Å². The SMILES string of the molecule is Brc1ccc([O][Ti+2][O]c2ccc(Br)cc2)cc1.C=C(OCC)C(=O)[O-].C=C(OCC)C(=O)[O-]. The number of carbonyl (C=O) groups is 2. The molecule has 2 aromatic rings. The first-order valence-electron chi connectivity index (χ1n) is 9.26. The summed E-state index contributed by atoms with van der Waals surface area (Å²) in [5.74, 6) is -1.66. The second kappa shape index (κ2) is 18.2. The number of rotatable bonds is 10. The maximum Gasteiger partial charge on any atom is 0.134 e. The van der Waals surface area contributed by atoms with E-state index in [4.69, 9.17) is 6.64 Å². The molecule has 0 spiro atoms. The molecule has 176 valence electrons. The van der Waals surface area contributed by atoms with Gasteiger partial charge in [0.1, 0.15) is 23.5 Å². The van der Waals surface area contributed by atoms with Crippen LogP contribution in [0.3, 0.4) is 0 Å². The molecule has 0 aliphatic carbocycles. The van der Waals surface area contributed by atoms with Crippen LogP contribution in [-0.2, 0) is 39.0 Å². The number of hydrogen-bond donors (Lipinski definition) is 0. The Hall–Kier alpha value is -2.27. The van der Waals surface area contributed by atoms with Crippen LogP contribution in [0.4, 0.5) is 0 Å². The standard InChI is InChI=1S/2C6H5BrO.2C5H8O3.Ti/c2*7-5-1-3-6(8)4-2-5;2*1-3-8-4(2)5(6)7;/h2*1-4,8H;2*2-3H2,1H3,(H,6,7);/q;;;;+4/p-4. The van der Waals surface area contributed by atoms with Gasteiger partial charge in [-0.1, -0.05) is 13.2 Å². The fourth-order valence-electron chi connectivity index (χ4n) is 1.59. The Morgan fingerprint density at radius 1 is 0.758 bits per heavy atom. The summed E-state index contributed by atoms with van der Waals surface area (Å²) in [6, 6.07) is 15.4. The van der Waals surface area contributed by atoms with Crippen LogP contribution in [0.5, 0.6) is 11.5 Å². The molecule has 0 aliphatic heterocycles. The van der Waals surface area contributed by atoms with Crippen LogP contribution in [0.1, 0.15) is 13.8 Å². The van der Waals surface area contributed by atoms with Gasteiger partial charge in [0.25, 0.3) is 0 Å². The van der Waals surface area contributed by atoms with Gasteiger partial charge in [-0.15, -0.1) is 0 Å². The average molecular weight is 622 g/mol. The molecular formula is C22H22Br2O8Ti. The van der Waals surface area contributed by atoms with E-state index in [9.17, 15) is 19.8 Å².